The summed E-state index contributed by atoms with van der Waals surface area (Å²) in [7, 11) is 0. The number of carbonyl (C=O) groups excluding carboxylic acids is 2. The minimum absolute atomic E-state index is 0.0466. The van der Waals surface area contributed by atoms with E-state index in [-0.39, 0.29) is 18.0 Å². The Labute approximate surface area is 180 Å². The first kappa shape index (κ1) is 23.0. The summed E-state index contributed by atoms with van der Waals surface area (Å²) in [6.07, 6.45) is -2.81. The maximum atomic E-state index is 13.9. The molecular weight excluding hydrogens is 428 g/mol. The van der Waals surface area contributed by atoms with Gasteiger partial charge in [0.05, 0.1) is 23.9 Å². The number of hydrogen-bond acceptors (Lipinski definition) is 3. The molecule has 6 nitrogen and oxygen atoms in total. The van der Waals surface area contributed by atoms with Gasteiger partial charge in [0.15, 0.2) is 0 Å². The highest BCUT2D eigenvalue weighted by atomic mass is 19.4. The van der Waals surface area contributed by atoms with E-state index < -0.39 is 35.1 Å². The average Bonchev–Trinajstić information content (AvgIpc) is 3.17. The third-order valence-corrected chi connectivity index (χ3v) is 4.94. The van der Waals surface area contributed by atoms with Crippen molar-refractivity contribution in [2.45, 2.75) is 31.9 Å². The molecule has 2 amide bonds. The summed E-state index contributed by atoms with van der Waals surface area (Å²) < 4.78 is 52.4. The number of nitrogens with two attached hydrogens (primary N) is 1. The highest BCUT2D eigenvalue weighted by molar-refractivity contribution is 5.93. The van der Waals surface area contributed by atoms with Crippen LogP contribution in [0, 0.1) is 5.82 Å². The van der Waals surface area contributed by atoms with Crippen molar-refractivity contribution >= 4 is 17.5 Å². The number of aromatic nitrogens is 2. The van der Waals surface area contributed by atoms with Gasteiger partial charge in [-0.25, -0.2) is 4.39 Å². The van der Waals surface area contributed by atoms with Gasteiger partial charge < -0.3 is 11.1 Å². The van der Waals surface area contributed by atoms with Crippen LogP contribution in [0.25, 0.3) is 0 Å². The lowest BCUT2D eigenvalue weighted by molar-refractivity contribution is -0.137. The van der Waals surface area contributed by atoms with Crippen molar-refractivity contribution in [3.8, 4) is 0 Å². The molecule has 3 aromatic rings. The minimum Gasteiger partial charge on any atom is -0.364 e. The van der Waals surface area contributed by atoms with Crippen molar-refractivity contribution in [3.05, 3.63) is 82.4 Å². The average molecular weight is 448 g/mol. The highest BCUT2D eigenvalue weighted by Gasteiger charge is 2.31. The van der Waals surface area contributed by atoms with Crippen LogP contribution in [0.5, 0.6) is 0 Å². The molecule has 0 saturated carbocycles. The summed E-state index contributed by atoms with van der Waals surface area (Å²) in [6.45, 7) is 1.93. The first-order valence-corrected chi connectivity index (χ1v) is 9.62. The summed E-state index contributed by atoms with van der Waals surface area (Å²) in [5, 5.41) is 8.60. The molecule has 0 bridgehead atoms. The zero-order chi connectivity index (χ0) is 23.5. The van der Waals surface area contributed by atoms with Crippen molar-refractivity contribution in [2.24, 2.45) is 5.73 Å². The van der Waals surface area contributed by atoms with Gasteiger partial charge in [-0.2, -0.15) is 18.3 Å². The Balaban J connectivity index is 1.70. The Bertz CT molecular complexity index is 1140. The number of H-pyrrole nitrogens is 1. The van der Waals surface area contributed by atoms with Crippen molar-refractivity contribution in [1.82, 2.24) is 10.2 Å². The predicted molar refractivity (Wildman–Crippen MR) is 109 cm³/mol. The third kappa shape index (κ3) is 5.51. The highest BCUT2D eigenvalue weighted by Crippen LogP contribution is 2.32. The molecule has 0 spiro atoms. The Hall–Kier alpha value is -3.69. The number of nitrogens with one attached hydrogen (secondary N) is 2. The molecule has 0 aliphatic heterocycles. The number of benzene rings is 2. The number of carbonyl (C=O) groups is 2. The van der Waals surface area contributed by atoms with Crippen LogP contribution in [0.15, 0.2) is 48.7 Å². The van der Waals surface area contributed by atoms with Crippen LogP contribution in [0.3, 0.4) is 0 Å². The minimum atomic E-state index is -4.65. The molecule has 0 fully saturated rings. The summed E-state index contributed by atoms with van der Waals surface area (Å²) >= 11 is 0. The molecule has 10 heteroatoms. The molecule has 168 valence electrons. The molecule has 1 aromatic heterocycles. The molecular formula is C22H20F4N4O2. The second-order valence-electron chi connectivity index (χ2n) is 7.40. The number of halogens is 4. The normalized spacial score (nSPS) is 12.4. The van der Waals surface area contributed by atoms with Crippen LogP contribution in [0.2, 0.25) is 0 Å². The van der Waals surface area contributed by atoms with E-state index in [0.29, 0.717) is 35.7 Å². The Morgan fingerprint density at radius 3 is 2.62 bits per heavy atom. The molecule has 0 radical (unpaired) electrons. The zero-order valence-corrected chi connectivity index (χ0v) is 17.0. The van der Waals surface area contributed by atoms with Crippen LogP contribution in [-0.4, -0.2) is 22.0 Å². The van der Waals surface area contributed by atoms with E-state index >= 15 is 0 Å². The van der Waals surface area contributed by atoms with E-state index in [1.54, 1.807) is 18.2 Å². The standard InChI is InChI=1S/C22H20F4N4O2/c1-12(7-15-11-28-30-20(15)21(27)32)14-4-2-3-13(8-14)9-19(31)29-18-10-16(22(24,25)26)5-6-17(18)23/h2-6,8,10-12H,7,9H2,1H3,(H2,27,32)(H,28,30)(H,29,31). The van der Waals surface area contributed by atoms with Crippen molar-refractivity contribution in [2.75, 3.05) is 5.32 Å². The van der Waals surface area contributed by atoms with Gasteiger partial charge in [-0.05, 0) is 41.7 Å². The molecule has 0 aliphatic rings. The Kier molecular flexibility index (Phi) is 6.61. The molecule has 4 N–H and O–H groups in total. The monoisotopic (exact) mass is 448 g/mol. The second kappa shape index (κ2) is 9.21. The van der Waals surface area contributed by atoms with Gasteiger partial charge in [0.1, 0.15) is 11.5 Å². The Morgan fingerprint density at radius 1 is 1.19 bits per heavy atom. The number of alkyl halides is 3. The molecule has 1 heterocycles. The van der Waals surface area contributed by atoms with E-state index in [0.717, 1.165) is 5.56 Å². The first-order chi connectivity index (χ1) is 15.0. The SMILES string of the molecule is CC(Cc1cn[nH]c1C(N)=O)c1cccc(CC(=O)Nc2cc(C(F)(F)F)ccc2F)c1. The summed E-state index contributed by atoms with van der Waals surface area (Å²) in [5.74, 6) is -2.27. The van der Waals surface area contributed by atoms with Crippen LogP contribution in [0.4, 0.5) is 23.2 Å². The van der Waals surface area contributed by atoms with Gasteiger partial charge in [0, 0.05) is 5.56 Å². The summed E-state index contributed by atoms with van der Waals surface area (Å²) in [5.41, 5.74) is 6.09. The van der Waals surface area contributed by atoms with Crippen LogP contribution >= 0.6 is 0 Å². The lowest BCUT2D eigenvalue weighted by atomic mass is 9.92. The van der Waals surface area contributed by atoms with Crippen LogP contribution < -0.4 is 11.1 Å². The second-order valence-corrected chi connectivity index (χ2v) is 7.40. The Morgan fingerprint density at radius 2 is 1.94 bits per heavy atom. The first-order valence-electron chi connectivity index (χ1n) is 9.62. The number of hydrogen-bond donors (Lipinski definition) is 3. The van der Waals surface area contributed by atoms with Crippen LogP contribution in [0.1, 0.15) is 45.6 Å². The topological polar surface area (TPSA) is 101 Å². The fourth-order valence-corrected chi connectivity index (χ4v) is 3.31. The zero-order valence-electron chi connectivity index (χ0n) is 17.0. The number of amides is 2. The molecule has 1 atom stereocenters. The lowest BCUT2D eigenvalue weighted by Crippen LogP contribution is -2.17. The van der Waals surface area contributed by atoms with E-state index in [9.17, 15) is 27.2 Å². The number of rotatable bonds is 7. The maximum Gasteiger partial charge on any atom is 0.416 e. The lowest BCUT2D eigenvalue weighted by Gasteiger charge is -2.14. The van der Waals surface area contributed by atoms with Gasteiger partial charge in [-0.1, -0.05) is 31.2 Å². The van der Waals surface area contributed by atoms with Crippen molar-refractivity contribution in [3.63, 3.8) is 0 Å². The van der Waals surface area contributed by atoms with Gasteiger partial charge in [-0.15, -0.1) is 0 Å². The number of primary amides is 1. The number of aromatic amines is 1. The molecule has 2 aromatic carbocycles. The van der Waals surface area contributed by atoms with Gasteiger partial charge in [0.2, 0.25) is 5.91 Å². The maximum absolute atomic E-state index is 13.9. The number of anilines is 1. The van der Waals surface area contributed by atoms with Gasteiger partial charge in [0.25, 0.3) is 5.91 Å². The number of nitrogens with zero attached hydrogens (tertiary/aromatic N) is 1. The third-order valence-electron chi connectivity index (χ3n) is 4.94. The molecule has 32 heavy (non-hydrogen) atoms. The fraction of sp³-hybridized carbons (Fsp3) is 0.227. The molecule has 3 rings (SSSR count). The quantitative estimate of drug-likeness (QED) is 0.473. The largest absolute Gasteiger partial charge is 0.416 e. The fourth-order valence-electron chi connectivity index (χ4n) is 3.31. The van der Waals surface area contributed by atoms with E-state index in [1.807, 2.05) is 13.0 Å². The van der Waals surface area contributed by atoms with Gasteiger partial charge in [-0.3, -0.25) is 14.7 Å². The smallest absolute Gasteiger partial charge is 0.364 e. The van der Waals surface area contributed by atoms with Crippen molar-refractivity contribution in [1.29, 1.82) is 0 Å². The van der Waals surface area contributed by atoms with Crippen LogP contribution in [-0.2, 0) is 23.8 Å². The predicted octanol–water partition coefficient (Wildman–Crippen LogP) is 4.19. The summed E-state index contributed by atoms with van der Waals surface area (Å²) in [4.78, 5) is 23.8. The van der Waals surface area contributed by atoms with E-state index in [2.05, 4.69) is 15.5 Å². The molecule has 0 saturated heterocycles. The van der Waals surface area contributed by atoms with Gasteiger partial charge >= 0.3 is 6.18 Å². The van der Waals surface area contributed by atoms with E-state index in [4.69, 9.17) is 5.73 Å². The van der Waals surface area contributed by atoms with Crippen molar-refractivity contribution < 1.29 is 27.2 Å². The summed E-state index contributed by atoms with van der Waals surface area (Å²) in [6, 6.07) is 8.89. The van der Waals surface area contributed by atoms with E-state index in [1.165, 1.54) is 6.20 Å². The molecule has 1 unspecified atom stereocenters. The molecule has 0 aliphatic carbocycles.